The highest BCUT2D eigenvalue weighted by molar-refractivity contribution is 6.31. The Morgan fingerprint density at radius 2 is 1.79 bits per heavy atom. The smallest absolute Gasteiger partial charge is 0.0579 e. The van der Waals surface area contributed by atoms with Crippen molar-refractivity contribution in [1.29, 1.82) is 0 Å². The molecule has 0 heterocycles. The van der Waals surface area contributed by atoms with Gasteiger partial charge in [-0.1, -0.05) is 54.9 Å². The molecule has 0 amide bonds. The van der Waals surface area contributed by atoms with Crippen LogP contribution in [0.25, 0.3) is 0 Å². The van der Waals surface area contributed by atoms with Crippen molar-refractivity contribution in [2.24, 2.45) is 0 Å². The van der Waals surface area contributed by atoms with Crippen LogP contribution < -0.4 is 5.32 Å². The Morgan fingerprint density at radius 3 is 2.42 bits per heavy atom. The maximum atomic E-state index is 6.26. The predicted octanol–water partition coefficient (Wildman–Crippen LogP) is 4.66. The van der Waals surface area contributed by atoms with E-state index in [1.165, 1.54) is 16.7 Å². The van der Waals surface area contributed by atoms with Gasteiger partial charge >= 0.3 is 0 Å². The molecule has 1 N–H and O–H groups in total. The van der Waals surface area contributed by atoms with Crippen molar-refractivity contribution in [3.8, 4) is 0 Å². The number of halogens is 1. The van der Waals surface area contributed by atoms with Crippen LogP contribution in [0.2, 0.25) is 5.02 Å². The summed E-state index contributed by atoms with van der Waals surface area (Å²) in [7, 11) is 0. The quantitative estimate of drug-likeness (QED) is 0.855. The lowest BCUT2D eigenvalue weighted by Gasteiger charge is -2.21. The topological polar surface area (TPSA) is 12.0 Å². The summed E-state index contributed by atoms with van der Waals surface area (Å²) in [5, 5.41) is 4.37. The first-order valence-electron chi connectivity index (χ1n) is 6.68. The van der Waals surface area contributed by atoms with E-state index in [-0.39, 0.29) is 6.04 Å². The molecule has 2 aromatic rings. The Kier molecular flexibility index (Phi) is 4.62. The molecule has 0 radical (unpaired) electrons. The molecule has 1 nitrogen and oxygen atoms in total. The molecule has 1 atom stereocenters. The lowest BCUT2D eigenvalue weighted by molar-refractivity contribution is 0.627. The average molecular weight is 274 g/mol. The summed E-state index contributed by atoms with van der Waals surface area (Å²) < 4.78 is 0. The van der Waals surface area contributed by atoms with Gasteiger partial charge in [0, 0.05) is 5.02 Å². The SMILES string of the molecule is CCNC(c1ccc(C)c(Cl)c1)c1ccccc1C. The molecule has 2 rings (SSSR count). The van der Waals surface area contributed by atoms with Crippen molar-refractivity contribution in [2.45, 2.75) is 26.8 Å². The summed E-state index contributed by atoms with van der Waals surface area (Å²) >= 11 is 6.26. The van der Waals surface area contributed by atoms with Gasteiger partial charge < -0.3 is 5.32 Å². The van der Waals surface area contributed by atoms with Gasteiger partial charge in [0.15, 0.2) is 0 Å². The lowest BCUT2D eigenvalue weighted by Crippen LogP contribution is -2.22. The van der Waals surface area contributed by atoms with Crippen LogP contribution in [0.3, 0.4) is 0 Å². The fourth-order valence-electron chi connectivity index (χ4n) is 2.31. The highest BCUT2D eigenvalue weighted by atomic mass is 35.5. The zero-order valence-electron chi connectivity index (χ0n) is 11.7. The Labute approximate surface area is 120 Å². The number of hydrogen-bond donors (Lipinski definition) is 1. The van der Waals surface area contributed by atoms with Crippen LogP contribution in [0.15, 0.2) is 42.5 Å². The van der Waals surface area contributed by atoms with Gasteiger partial charge in [-0.2, -0.15) is 0 Å². The van der Waals surface area contributed by atoms with Crippen molar-refractivity contribution >= 4 is 11.6 Å². The van der Waals surface area contributed by atoms with Gasteiger partial charge in [-0.15, -0.1) is 0 Å². The first-order valence-corrected chi connectivity index (χ1v) is 7.06. The number of nitrogens with one attached hydrogen (secondary N) is 1. The van der Waals surface area contributed by atoms with Gasteiger partial charge in [-0.25, -0.2) is 0 Å². The van der Waals surface area contributed by atoms with Crippen LogP contribution in [0, 0.1) is 13.8 Å². The monoisotopic (exact) mass is 273 g/mol. The molecule has 0 bridgehead atoms. The normalized spacial score (nSPS) is 12.4. The van der Waals surface area contributed by atoms with E-state index >= 15 is 0 Å². The van der Waals surface area contributed by atoms with Gasteiger partial charge in [0.25, 0.3) is 0 Å². The van der Waals surface area contributed by atoms with Gasteiger partial charge in [-0.3, -0.25) is 0 Å². The summed E-state index contributed by atoms with van der Waals surface area (Å²) in [6, 6.07) is 15.0. The van der Waals surface area contributed by atoms with E-state index in [0.717, 1.165) is 17.1 Å². The van der Waals surface area contributed by atoms with Crippen molar-refractivity contribution in [3.05, 3.63) is 69.7 Å². The van der Waals surface area contributed by atoms with Crippen LogP contribution in [0.1, 0.15) is 35.2 Å². The minimum Gasteiger partial charge on any atom is -0.307 e. The van der Waals surface area contributed by atoms with Crippen LogP contribution in [-0.2, 0) is 0 Å². The number of hydrogen-bond acceptors (Lipinski definition) is 1. The Balaban J connectivity index is 2.45. The molecule has 100 valence electrons. The van der Waals surface area contributed by atoms with E-state index < -0.39 is 0 Å². The maximum Gasteiger partial charge on any atom is 0.0579 e. The lowest BCUT2D eigenvalue weighted by atomic mass is 9.94. The summed E-state index contributed by atoms with van der Waals surface area (Å²) in [6.07, 6.45) is 0. The molecular formula is C17H20ClN. The third-order valence-electron chi connectivity index (χ3n) is 3.44. The predicted molar refractivity (Wildman–Crippen MR) is 82.9 cm³/mol. The highest BCUT2D eigenvalue weighted by Gasteiger charge is 2.15. The second-order valence-electron chi connectivity index (χ2n) is 4.86. The zero-order valence-corrected chi connectivity index (χ0v) is 12.5. The molecule has 19 heavy (non-hydrogen) atoms. The molecule has 0 aliphatic heterocycles. The summed E-state index contributed by atoms with van der Waals surface area (Å²) in [5.41, 5.74) is 4.94. The van der Waals surface area contributed by atoms with E-state index in [2.05, 4.69) is 61.6 Å². The first kappa shape index (κ1) is 14.1. The van der Waals surface area contributed by atoms with Crippen LogP contribution >= 0.6 is 11.6 Å². The van der Waals surface area contributed by atoms with Gasteiger partial charge in [-0.05, 0) is 48.7 Å². The van der Waals surface area contributed by atoms with Gasteiger partial charge in [0.1, 0.15) is 0 Å². The fourth-order valence-corrected chi connectivity index (χ4v) is 2.50. The minimum atomic E-state index is 0.198. The molecule has 0 aliphatic carbocycles. The molecule has 2 aromatic carbocycles. The molecule has 0 saturated carbocycles. The van der Waals surface area contributed by atoms with Crippen LogP contribution in [-0.4, -0.2) is 6.54 Å². The summed E-state index contributed by atoms with van der Waals surface area (Å²) in [5.74, 6) is 0. The summed E-state index contributed by atoms with van der Waals surface area (Å²) in [4.78, 5) is 0. The van der Waals surface area contributed by atoms with E-state index in [1.54, 1.807) is 0 Å². The highest BCUT2D eigenvalue weighted by Crippen LogP contribution is 2.28. The number of aryl methyl sites for hydroxylation is 2. The Bertz CT molecular complexity index is 563. The molecule has 0 aliphatic rings. The van der Waals surface area contributed by atoms with Crippen molar-refractivity contribution in [1.82, 2.24) is 5.32 Å². The third-order valence-corrected chi connectivity index (χ3v) is 3.84. The van der Waals surface area contributed by atoms with Crippen LogP contribution in [0.4, 0.5) is 0 Å². The molecule has 0 aromatic heterocycles. The molecule has 1 unspecified atom stereocenters. The van der Waals surface area contributed by atoms with Gasteiger partial charge in [0.05, 0.1) is 6.04 Å². The molecular weight excluding hydrogens is 254 g/mol. The largest absolute Gasteiger partial charge is 0.307 e. The zero-order chi connectivity index (χ0) is 13.8. The number of rotatable bonds is 4. The maximum absolute atomic E-state index is 6.26. The Morgan fingerprint density at radius 1 is 1.05 bits per heavy atom. The molecule has 0 fully saturated rings. The fraction of sp³-hybridized carbons (Fsp3) is 0.294. The first-order chi connectivity index (χ1) is 9.13. The van der Waals surface area contributed by atoms with E-state index in [4.69, 9.17) is 11.6 Å². The van der Waals surface area contributed by atoms with Crippen molar-refractivity contribution in [2.75, 3.05) is 6.54 Å². The second-order valence-corrected chi connectivity index (χ2v) is 5.26. The molecule has 0 spiro atoms. The minimum absolute atomic E-state index is 0.198. The van der Waals surface area contributed by atoms with Gasteiger partial charge in [0.2, 0.25) is 0 Å². The van der Waals surface area contributed by atoms with Crippen molar-refractivity contribution < 1.29 is 0 Å². The van der Waals surface area contributed by atoms with Crippen LogP contribution in [0.5, 0.6) is 0 Å². The second kappa shape index (κ2) is 6.23. The standard InChI is InChI=1S/C17H20ClN/c1-4-19-17(15-8-6-5-7-12(15)2)14-10-9-13(3)16(18)11-14/h5-11,17,19H,4H2,1-3H3. The molecule has 0 saturated heterocycles. The number of benzene rings is 2. The third kappa shape index (κ3) is 3.17. The van der Waals surface area contributed by atoms with Crippen molar-refractivity contribution in [3.63, 3.8) is 0 Å². The summed E-state index contributed by atoms with van der Waals surface area (Å²) in [6.45, 7) is 7.23. The van der Waals surface area contributed by atoms with E-state index in [0.29, 0.717) is 0 Å². The molecule has 2 heteroatoms. The Hall–Kier alpha value is -1.31. The average Bonchev–Trinajstić information content (AvgIpc) is 2.40. The van der Waals surface area contributed by atoms with E-state index in [1.807, 2.05) is 6.92 Å². The van der Waals surface area contributed by atoms with E-state index in [9.17, 15) is 0 Å².